The molecule has 0 radical (unpaired) electrons. The summed E-state index contributed by atoms with van der Waals surface area (Å²) in [5, 5.41) is 0. The van der Waals surface area contributed by atoms with Crippen molar-refractivity contribution in [3.05, 3.63) is 12.2 Å². The first kappa shape index (κ1) is 10.2. The van der Waals surface area contributed by atoms with Gasteiger partial charge in [0.05, 0.1) is 0 Å². The molecule has 0 aromatic rings. The van der Waals surface area contributed by atoms with Gasteiger partial charge in [0.25, 0.3) is 0 Å². The lowest BCUT2D eigenvalue weighted by Gasteiger charge is -2.17. The summed E-state index contributed by atoms with van der Waals surface area (Å²) >= 11 is 0. The van der Waals surface area contributed by atoms with E-state index in [1.165, 1.54) is 6.08 Å². The third-order valence-electron chi connectivity index (χ3n) is 0.896. The number of carbonyl (C=O) groups is 1. The van der Waals surface area contributed by atoms with Crippen LogP contribution < -0.4 is 0 Å². The van der Waals surface area contributed by atoms with Gasteiger partial charge in [-0.15, -0.1) is 0 Å². The normalized spacial score (nSPS) is 12.0. The summed E-state index contributed by atoms with van der Waals surface area (Å²) in [5.41, 5.74) is -0.380. The molecule has 0 saturated heterocycles. The Morgan fingerprint density at radius 2 is 2.00 bits per heavy atom. The molecule has 0 atom stereocenters. The van der Waals surface area contributed by atoms with Gasteiger partial charge < -0.3 is 4.74 Å². The van der Waals surface area contributed by atoms with Gasteiger partial charge in [-0.1, -0.05) is 13.0 Å². The Hall–Kier alpha value is -0.790. The molecule has 0 N–H and O–H groups in total. The van der Waals surface area contributed by atoms with Crippen LogP contribution in [0.15, 0.2) is 12.2 Å². The Balaban J connectivity index is 3.80. The summed E-state index contributed by atoms with van der Waals surface area (Å²) < 4.78 is 5.01. The van der Waals surface area contributed by atoms with Crippen molar-refractivity contribution in [3.8, 4) is 0 Å². The van der Waals surface area contributed by atoms with Crippen LogP contribution in [0.3, 0.4) is 0 Å². The Labute approximate surface area is 68.2 Å². The Kier molecular flexibility index (Phi) is 3.86. The third-order valence-corrected chi connectivity index (χ3v) is 0.896. The maximum absolute atomic E-state index is 10.9. The quantitative estimate of drug-likeness (QED) is 0.453. The van der Waals surface area contributed by atoms with Gasteiger partial charge in [0, 0.05) is 6.08 Å². The molecule has 0 fully saturated rings. The molecular weight excluding hydrogens is 140 g/mol. The van der Waals surface area contributed by atoms with Crippen LogP contribution in [0.5, 0.6) is 0 Å². The molecule has 0 unspecified atom stereocenters. The Bertz CT molecular complexity index is 151. The van der Waals surface area contributed by atoms with Crippen molar-refractivity contribution in [2.75, 3.05) is 0 Å². The van der Waals surface area contributed by atoms with E-state index in [1.54, 1.807) is 6.08 Å². The van der Waals surface area contributed by atoms with Crippen molar-refractivity contribution in [3.63, 3.8) is 0 Å². The van der Waals surface area contributed by atoms with Crippen LogP contribution in [0.1, 0.15) is 34.1 Å². The van der Waals surface area contributed by atoms with Crippen molar-refractivity contribution >= 4 is 5.97 Å². The second-order valence-electron chi connectivity index (χ2n) is 3.34. The number of allylic oxidation sites excluding steroid dienone is 1. The molecule has 0 spiro atoms. The smallest absolute Gasteiger partial charge is 0.330 e. The molecule has 64 valence electrons. The van der Waals surface area contributed by atoms with E-state index in [0.29, 0.717) is 0 Å². The van der Waals surface area contributed by atoms with Crippen molar-refractivity contribution in [2.24, 2.45) is 0 Å². The SMILES string of the molecule is CCC=CC(=O)OC(C)(C)C. The average molecular weight is 156 g/mol. The summed E-state index contributed by atoms with van der Waals surface area (Å²) in [5.74, 6) is -0.264. The number of rotatable bonds is 2. The monoisotopic (exact) mass is 156 g/mol. The first-order valence-corrected chi connectivity index (χ1v) is 3.85. The highest BCUT2D eigenvalue weighted by Crippen LogP contribution is 2.06. The van der Waals surface area contributed by atoms with Gasteiger partial charge >= 0.3 is 5.97 Å². The van der Waals surface area contributed by atoms with Gasteiger partial charge in [-0.3, -0.25) is 0 Å². The molecule has 2 nitrogen and oxygen atoms in total. The van der Waals surface area contributed by atoms with Crippen LogP contribution in [-0.4, -0.2) is 11.6 Å². The average Bonchev–Trinajstić information content (AvgIpc) is 1.79. The zero-order chi connectivity index (χ0) is 8.91. The zero-order valence-corrected chi connectivity index (χ0v) is 7.68. The lowest BCUT2D eigenvalue weighted by molar-refractivity contribution is -0.148. The minimum atomic E-state index is -0.380. The van der Waals surface area contributed by atoms with Crippen LogP contribution >= 0.6 is 0 Å². The summed E-state index contributed by atoms with van der Waals surface area (Å²) in [4.78, 5) is 10.9. The molecule has 11 heavy (non-hydrogen) atoms. The van der Waals surface area contributed by atoms with E-state index in [0.717, 1.165) is 6.42 Å². The fraction of sp³-hybridized carbons (Fsp3) is 0.667. The van der Waals surface area contributed by atoms with Crippen molar-refractivity contribution in [1.82, 2.24) is 0 Å². The zero-order valence-electron chi connectivity index (χ0n) is 7.68. The highest BCUT2D eigenvalue weighted by Gasteiger charge is 2.13. The van der Waals surface area contributed by atoms with Gasteiger partial charge in [-0.2, -0.15) is 0 Å². The van der Waals surface area contributed by atoms with E-state index >= 15 is 0 Å². The van der Waals surface area contributed by atoms with Gasteiger partial charge in [0.2, 0.25) is 0 Å². The highest BCUT2D eigenvalue weighted by atomic mass is 16.6. The number of hydrogen-bond donors (Lipinski definition) is 0. The molecule has 0 saturated carbocycles. The molecule has 0 heterocycles. The van der Waals surface area contributed by atoms with Crippen molar-refractivity contribution in [2.45, 2.75) is 39.7 Å². The van der Waals surface area contributed by atoms with E-state index < -0.39 is 0 Å². The highest BCUT2D eigenvalue weighted by molar-refractivity contribution is 5.82. The fourth-order valence-corrected chi connectivity index (χ4v) is 0.550. The standard InChI is InChI=1S/C9H16O2/c1-5-6-7-8(10)11-9(2,3)4/h6-7H,5H2,1-4H3. The van der Waals surface area contributed by atoms with Crippen molar-refractivity contribution < 1.29 is 9.53 Å². The topological polar surface area (TPSA) is 26.3 Å². The van der Waals surface area contributed by atoms with E-state index in [9.17, 15) is 4.79 Å². The molecule has 0 aliphatic heterocycles. The summed E-state index contributed by atoms with van der Waals surface area (Å²) in [7, 11) is 0. The second kappa shape index (κ2) is 4.16. The minimum absolute atomic E-state index is 0.264. The second-order valence-corrected chi connectivity index (χ2v) is 3.34. The van der Waals surface area contributed by atoms with Gasteiger partial charge in [0.15, 0.2) is 0 Å². The van der Waals surface area contributed by atoms with E-state index in [-0.39, 0.29) is 11.6 Å². The van der Waals surface area contributed by atoms with Crippen molar-refractivity contribution in [1.29, 1.82) is 0 Å². The molecule has 0 rings (SSSR count). The molecule has 0 aliphatic rings. The lowest BCUT2D eigenvalue weighted by Crippen LogP contribution is -2.22. The number of ether oxygens (including phenoxy) is 1. The van der Waals surface area contributed by atoms with Crippen LogP contribution in [-0.2, 0) is 9.53 Å². The van der Waals surface area contributed by atoms with Crippen LogP contribution in [0.25, 0.3) is 0 Å². The van der Waals surface area contributed by atoms with Crippen LogP contribution in [0.2, 0.25) is 0 Å². The summed E-state index contributed by atoms with van der Waals surface area (Å²) in [6, 6.07) is 0. The molecule has 0 amide bonds. The van der Waals surface area contributed by atoms with Crippen LogP contribution in [0.4, 0.5) is 0 Å². The molecular formula is C9H16O2. The van der Waals surface area contributed by atoms with Gasteiger partial charge in [0.1, 0.15) is 5.60 Å². The predicted octanol–water partition coefficient (Wildman–Crippen LogP) is 2.29. The largest absolute Gasteiger partial charge is 0.457 e. The minimum Gasteiger partial charge on any atom is -0.457 e. The summed E-state index contributed by atoms with van der Waals surface area (Å²) in [6.45, 7) is 7.53. The number of esters is 1. The number of hydrogen-bond acceptors (Lipinski definition) is 2. The van der Waals surface area contributed by atoms with Gasteiger partial charge in [-0.25, -0.2) is 4.79 Å². The molecule has 0 aliphatic carbocycles. The lowest BCUT2D eigenvalue weighted by atomic mass is 10.2. The maximum atomic E-state index is 10.9. The summed E-state index contributed by atoms with van der Waals surface area (Å²) in [6.07, 6.45) is 4.11. The predicted molar refractivity (Wildman–Crippen MR) is 45.3 cm³/mol. The first-order chi connectivity index (χ1) is 4.95. The molecule has 0 aromatic carbocycles. The Morgan fingerprint density at radius 1 is 1.45 bits per heavy atom. The third kappa shape index (κ3) is 7.10. The maximum Gasteiger partial charge on any atom is 0.330 e. The first-order valence-electron chi connectivity index (χ1n) is 3.85. The molecule has 0 aromatic heterocycles. The van der Waals surface area contributed by atoms with Gasteiger partial charge in [-0.05, 0) is 27.2 Å². The molecule has 0 bridgehead atoms. The molecule has 2 heteroatoms. The number of carbonyl (C=O) groups excluding carboxylic acids is 1. The van der Waals surface area contributed by atoms with E-state index in [2.05, 4.69) is 0 Å². The fourth-order valence-electron chi connectivity index (χ4n) is 0.550. The Morgan fingerprint density at radius 3 is 2.36 bits per heavy atom. The van der Waals surface area contributed by atoms with Crippen LogP contribution in [0, 0.1) is 0 Å². The van der Waals surface area contributed by atoms with E-state index in [1.807, 2.05) is 27.7 Å². The van der Waals surface area contributed by atoms with E-state index in [4.69, 9.17) is 4.74 Å².